The van der Waals surface area contributed by atoms with Crippen LogP contribution in [0.5, 0.6) is 11.5 Å². The molecule has 0 bridgehead atoms. The highest BCUT2D eigenvalue weighted by atomic mass is 79.9. The molecular formula is C17H21BrN2O5. The van der Waals surface area contributed by atoms with Gasteiger partial charge in [-0.2, -0.15) is 0 Å². The zero-order valence-electron chi connectivity index (χ0n) is 14.3. The van der Waals surface area contributed by atoms with Gasteiger partial charge in [0.05, 0.1) is 29.3 Å². The molecule has 3 N–H and O–H groups in total. The summed E-state index contributed by atoms with van der Waals surface area (Å²) in [6, 6.07) is 2.10. The lowest BCUT2D eigenvalue weighted by Gasteiger charge is -2.28. The van der Waals surface area contributed by atoms with E-state index in [1.807, 2.05) is 6.92 Å². The first-order valence-electron chi connectivity index (χ1n) is 7.99. The lowest BCUT2D eigenvalue weighted by atomic mass is 9.95. The number of nitrogens with one attached hydrogen (secondary N) is 2. The Morgan fingerprint density at radius 1 is 1.36 bits per heavy atom. The number of ether oxygens (including phenoxy) is 2. The van der Waals surface area contributed by atoms with Crippen LogP contribution in [0.4, 0.5) is 4.79 Å². The van der Waals surface area contributed by atoms with Crippen LogP contribution in [0.25, 0.3) is 0 Å². The van der Waals surface area contributed by atoms with Crippen molar-refractivity contribution in [2.45, 2.75) is 33.2 Å². The number of urea groups is 1. The number of halogens is 1. The number of esters is 1. The molecule has 1 aromatic carbocycles. The number of amides is 2. The number of rotatable bonds is 6. The third-order valence-electron chi connectivity index (χ3n) is 3.61. The first-order valence-corrected chi connectivity index (χ1v) is 8.78. The maximum absolute atomic E-state index is 12.5. The second-order valence-corrected chi connectivity index (χ2v) is 6.34. The Kier molecular flexibility index (Phi) is 6.30. The van der Waals surface area contributed by atoms with Gasteiger partial charge in [0, 0.05) is 5.70 Å². The highest BCUT2D eigenvalue weighted by Crippen LogP contribution is 2.39. The van der Waals surface area contributed by atoms with Crippen LogP contribution in [0.15, 0.2) is 27.9 Å². The molecule has 0 fully saturated rings. The van der Waals surface area contributed by atoms with Gasteiger partial charge < -0.3 is 25.2 Å². The minimum absolute atomic E-state index is 0.0401. The average Bonchev–Trinajstić information content (AvgIpc) is 2.56. The Hall–Kier alpha value is -2.22. The van der Waals surface area contributed by atoms with Gasteiger partial charge in [0.15, 0.2) is 11.5 Å². The van der Waals surface area contributed by atoms with E-state index in [0.29, 0.717) is 40.9 Å². The zero-order chi connectivity index (χ0) is 18.6. The second-order valence-electron chi connectivity index (χ2n) is 5.49. The number of aromatic hydroxyl groups is 1. The van der Waals surface area contributed by atoms with Gasteiger partial charge in [-0.15, -0.1) is 0 Å². The molecule has 0 saturated carbocycles. The van der Waals surface area contributed by atoms with E-state index in [0.717, 1.165) is 0 Å². The summed E-state index contributed by atoms with van der Waals surface area (Å²) in [7, 11) is 0. The fourth-order valence-corrected chi connectivity index (χ4v) is 2.97. The first kappa shape index (κ1) is 19.1. The Morgan fingerprint density at radius 3 is 2.72 bits per heavy atom. The quantitative estimate of drug-likeness (QED) is 0.623. The van der Waals surface area contributed by atoms with E-state index >= 15 is 0 Å². The lowest BCUT2D eigenvalue weighted by molar-refractivity contribution is -0.139. The molecule has 1 unspecified atom stereocenters. The molecule has 25 heavy (non-hydrogen) atoms. The molecule has 1 aromatic rings. The van der Waals surface area contributed by atoms with Crippen LogP contribution in [0.3, 0.4) is 0 Å². The van der Waals surface area contributed by atoms with Crippen LogP contribution >= 0.6 is 15.9 Å². The Labute approximate surface area is 154 Å². The molecule has 136 valence electrons. The number of phenolic OH excluding ortho intramolecular Hbond substituents is 1. The lowest BCUT2D eigenvalue weighted by Crippen LogP contribution is -2.45. The predicted octanol–water partition coefficient (Wildman–Crippen LogP) is 3.13. The Morgan fingerprint density at radius 2 is 2.08 bits per heavy atom. The highest BCUT2D eigenvalue weighted by Gasteiger charge is 2.33. The van der Waals surface area contributed by atoms with Crippen LogP contribution in [0.1, 0.15) is 38.8 Å². The zero-order valence-corrected chi connectivity index (χ0v) is 15.9. The molecule has 1 aliphatic rings. The van der Waals surface area contributed by atoms with Crippen LogP contribution in [-0.2, 0) is 9.53 Å². The highest BCUT2D eigenvalue weighted by molar-refractivity contribution is 9.10. The van der Waals surface area contributed by atoms with Gasteiger partial charge in [-0.3, -0.25) is 0 Å². The third-order valence-corrected chi connectivity index (χ3v) is 4.21. The van der Waals surface area contributed by atoms with Crippen molar-refractivity contribution in [1.82, 2.24) is 10.6 Å². The number of phenols is 1. The summed E-state index contributed by atoms with van der Waals surface area (Å²) in [6.45, 7) is 6.00. The summed E-state index contributed by atoms with van der Waals surface area (Å²) < 4.78 is 11.1. The van der Waals surface area contributed by atoms with E-state index in [4.69, 9.17) is 9.47 Å². The van der Waals surface area contributed by atoms with Crippen LogP contribution in [0.2, 0.25) is 0 Å². The van der Waals surface area contributed by atoms with Crippen molar-refractivity contribution in [3.63, 3.8) is 0 Å². The van der Waals surface area contributed by atoms with Gasteiger partial charge in [0.1, 0.15) is 0 Å². The monoisotopic (exact) mass is 412 g/mol. The predicted molar refractivity (Wildman–Crippen MR) is 95.3 cm³/mol. The molecule has 0 aliphatic carbocycles. The van der Waals surface area contributed by atoms with Crippen LogP contribution in [0, 0.1) is 0 Å². The van der Waals surface area contributed by atoms with Crippen molar-refractivity contribution >= 4 is 27.9 Å². The first-order chi connectivity index (χ1) is 11.9. The molecule has 7 nitrogen and oxygen atoms in total. The summed E-state index contributed by atoms with van der Waals surface area (Å²) in [5, 5.41) is 15.4. The smallest absolute Gasteiger partial charge is 0.338 e. The average molecular weight is 413 g/mol. The van der Waals surface area contributed by atoms with Crippen molar-refractivity contribution in [1.29, 1.82) is 0 Å². The Bertz CT molecular complexity index is 717. The minimum Gasteiger partial charge on any atom is -0.503 e. The summed E-state index contributed by atoms with van der Waals surface area (Å²) >= 11 is 3.27. The number of carbonyl (C=O) groups is 2. The molecule has 2 rings (SSSR count). The van der Waals surface area contributed by atoms with Gasteiger partial charge >= 0.3 is 12.0 Å². The molecule has 0 saturated heterocycles. The van der Waals surface area contributed by atoms with Crippen LogP contribution in [-0.4, -0.2) is 30.3 Å². The van der Waals surface area contributed by atoms with Gasteiger partial charge in [-0.05, 0) is 53.9 Å². The maximum Gasteiger partial charge on any atom is 0.338 e. The van der Waals surface area contributed by atoms with Crippen LogP contribution < -0.4 is 15.4 Å². The summed E-state index contributed by atoms with van der Waals surface area (Å²) in [6.07, 6.45) is 0.696. The summed E-state index contributed by atoms with van der Waals surface area (Å²) in [4.78, 5) is 24.4. The van der Waals surface area contributed by atoms with Gasteiger partial charge in [0.2, 0.25) is 0 Å². The topological polar surface area (TPSA) is 96.9 Å². The third kappa shape index (κ3) is 4.25. The fraction of sp³-hybridized carbons (Fsp3) is 0.412. The van der Waals surface area contributed by atoms with Crippen molar-refractivity contribution in [3.05, 3.63) is 33.4 Å². The number of hydrogen-bond donors (Lipinski definition) is 3. The molecule has 0 spiro atoms. The molecule has 1 atom stereocenters. The van der Waals surface area contributed by atoms with E-state index in [1.54, 1.807) is 26.0 Å². The van der Waals surface area contributed by atoms with E-state index in [-0.39, 0.29) is 11.5 Å². The van der Waals surface area contributed by atoms with Gasteiger partial charge in [0.25, 0.3) is 0 Å². The van der Waals surface area contributed by atoms with Crippen molar-refractivity contribution in [3.8, 4) is 11.5 Å². The number of hydrogen-bond acceptors (Lipinski definition) is 5. The molecule has 0 aromatic heterocycles. The van der Waals surface area contributed by atoms with E-state index in [1.165, 1.54) is 0 Å². The summed E-state index contributed by atoms with van der Waals surface area (Å²) in [5.74, 6) is -0.278. The standard InChI is InChI=1S/C17H21BrN2O5/c1-4-6-25-16(22)13-9(3)19-17(23)20-14(13)10-7-11(18)15(21)12(8-10)24-5-2/h7-8,14,21H,4-6H2,1-3H3,(H2,19,20,23). The van der Waals surface area contributed by atoms with E-state index in [2.05, 4.69) is 26.6 Å². The van der Waals surface area contributed by atoms with E-state index < -0.39 is 18.0 Å². The number of carbonyl (C=O) groups excluding carboxylic acids is 2. The SMILES string of the molecule is CCCOC(=O)C1=C(C)NC(=O)NC1c1cc(Br)c(O)c(OCC)c1. The van der Waals surface area contributed by atoms with Crippen molar-refractivity contribution in [2.24, 2.45) is 0 Å². The van der Waals surface area contributed by atoms with Gasteiger partial charge in [-0.25, -0.2) is 9.59 Å². The number of benzene rings is 1. The molecule has 2 amide bonds. The molecule has 1 aliphatic heterocycles. The molecular weight excluding hydrogens is 392 g/mol. The Balaban J connectivity index is 2.48. The van der Waals surface area contributed by atoms with Gasteiger partial charge in [-0.1, -0.05) is 6.92 Å². The molecule has 1 heterocycles. The second kappa shape index (κ2) is 8.24. The summed E-state index contributed by atoms with van der Waals surface area (Å²) in [5.41, 5.74) is 1.33. The largest absolute Gasteiger partial charge is 0.503 e. The van der Waals surface area contributed by atoms with Crippen molar-refractivity contribution < 1.29 is 24.2 Å². The minimum atomic E-state index is -0.714. The number of allylic oxidation sites excluding steroid dienone is 1. The molecule has 8 heteroatoms. The van der Waals surface area contributed by atoms with Crippen molar-refractivity contribution in [2.75, 3.05) is 13.2 Å². The maximum atomic E-state index is 12.5. The molecule has 0 radical (unpaired) electrons. The van der Waals surface area contributed by atoms with E-state index in [9.17, 15) is 14.7 Å². The fourth-order valence-electron chi connectivity index (χ4n) is 2.51. The normalized spacial score (nSPS) is 17.0.